The van der Waals surface area contributed by atoms with Gasteiger partial charge in [-0.2, -0.15) is 5.26 Å². The Morgan fingerprint density at radius 2 is 1.84 bits per heavy atom. The molecule has 10 heteroatoms. The number of ether oxygens (including phenoxy) is 2. The highest BCUT2D eigenvalue weighted by Crippen LogP contribution is 2.22. The van der Waals surface area contributed by atoms with Gasteiger partial charge in [0.2, 0.25) is 5.91 Å². The van der Waals surface area contributed by atoms with E-state index in [0.29, 0.717) is 17.8 Å². The number of rotatable bonds is 7. The Kier molecular flexibility index (Phi) is 7.96. The third kappa shape index (κ3) is 6.84. The maximum Gasteiger partial charge on any atom is 0.409 e. The Bertz CT molecular complexity index is 1000. The van der Waals surface area contributed by atoms with Gasteiger partial charge >= 0.3 is 12.1 Å². The van der Waals surface area contributed by atoms with Crippen LogP contribution in [0.1, 0.15) is 50.4 Å². The maximum atomic E-state index is 12.7. The first kappa shape index (κ1) is 24.4. The fourth-order valence-corrected chi connectivity index (χ4v) is 3.01. The summed E-state index contributed by atoms with van der Waals surface area (Å²) in [4.78, 5) is 41.1. The smallest absolute Gasteiger partial charge is 0.409 e. The van der Waals surface area contributed by atoms with Gasteiger partial charge in [0.05, 0.1) is 30.8 Å². The van der Waals surface area contributed by atoms with Crippen molar-refractivity contribution in [3.63, 3.8) is 0 Å². The number of aromatic nitrogens is 2. The summed E-state index contributed by atoms with van der Waals surface area (Å²) in [7, 11) is 1.22. The normalized spacial score (nSPS) is 12.8. The molecule has 170 valence electrons. The van der Waals surface area contributed by atoms with Crippen molar-refractivity contribution in [3.05, 3.63) is 53.6 Å². The van der Waals surface area contributed by atoms with Crippen LogP contribution in [0.4, 0.5) is 4.79 Å². The molecule has 2 aromatic rings. The highest BCUT2D eigenvalue weighted by molar-refractivity contribution is 5.82. The minimum atomic E-state index is -1.15. The summed E-state index contributed by atoms with van der Waals surface area (Å²) in [6.07, 6.45) is 1.05. The van der Waals surface area contributed by atoms with Crippen LogP contribution in [0.2, 0.25) is 0 Å². The van der Waals surface area contributed by atoms with Crippen LogP contribution in [0.15, 0.2) is 36.8 Å². The van der Waals surface area contributed by atoms with Crippen LogP contribution in [0.3, 0.4) is 0 Å². The second-order valence-electron chi connectivity index (χ2n) is 8.08. The van der Waals surface area contributed by atoms with Crippen LogP contribution in [-0.2, 0) is 25.6 Å². The fourth-order valence-electron chi connectivity index (χ4n) is 3.01. The average Bonchev–Trinajstić information content (AvgIpc) is 3.14. The molecule has 2 amide bonds. The number of methoxy groups -OCH3 is 1. The number of nitrogens with zero attached hydrogens (tertiary/aromatic N) is 3. The predicted molar refractivity (Wildman–Crippen MR) is 114 cm³/mol. The number of amides is 2. The monoisotopic (exact) mass is 441 g/mol. The molecule has 0 radical (unpaired) electrons. The molecule has 0 aliphatic heterocycles. The second kappa shape index (κ2) is 10.4. The lowest BCUT2D eigenvalue weighted by Crippen LogP contribution is -2.54. The van der Waals surface area contributed by atoms with Gasteiger partial charge in [-0.25, -0.2) is 9.78 Å². The molecule has 10 nitrogen and oxygen atoms in total. The molecule has 1 heterocycles. The van der Waals surface area contributed by atoms with E-state index in [-0.39, 0.29) is 0 Å². The van der Waals surface area contributed by atoms with Crippen molar-refractivity contribution in [1.82, 2.24) is 20.2 Å². The quantitative estimate of drug-likeness (QED) is 0.496. The van der Waals surface area contributed by atoms with Gasteiger partial charge in [0.25, 0.3) is 0 Å². The van der Waals surface area contributed by atoms with Gasteiger partial charge in [0.1, 0.15) is 17.7 Å². The van der Waals surface area contributed by atoms with Crippen LogP contribution >= 0.6 is 0 Å². The summed E-state index contributed by atoms with van der Waals surface area (Å²) in [6.45, 7) is 6.71. The van der Waals surface area contributed by atoms with Gasteiger partial charge < -0.3 is 19.4 Å². The van der Waals surface area contributed by atoms with E-state index >= 15 is 0 Å². The van der Waals surface area contributed by atoms with Crippen LogP contribution in [-0.4, -0.2) is 46.4 Å². The standard InChI is InChI=1S/C22H27N5O5/c1-14(28)25-19(26-21(30)32-22(2,3)4)18(20(29)31-5)17-11-24-13-27(17)12-16-8-6-15(10-23)7-9-16/h6-9,11,13,18-19H,12H2,1-5H3,(H,25,28)(H,26,30). The molecule has 32 heavy (non-hydrogen) atoms. The van der Waals surface area contributed by atoms with Crippen molar-refractivity contribution < 1.29 is 23.9 Å². The lowest BCUT2D eigenvalue weighted by Gasteiger charge is -2.29. The zero-order valence-electron chi connectivity index (χ0n) is 18.7. The SMILES string of the molecule is COC(=O)C(c1cncn1Cc1ccc(C#N)cc1)C(NC(C)=O)NC(=O)OC(C)(C)C. The van der Waals surface area contributed by atoms with Crippen LogP contribution < -0.4 is 10.6 Å². The molecular weight excluding hydrogens is 414 g/mol. The van der Waals surface area contributed by atoms with Crippen molar-refractivity contribution >= 4 is 18.0 Å². The molecule has 2 rings (SSSR count). The third-order valence-corrected chi connectivity index (χ3v) is 4.32. The van der Waals surface area contributed by atoms with Crippen LogP contribution in [0, 0.1) is 11.3 Å². The van der Waals surface area contributed by atoms with E-state index in [0.717, 1.165) is 5.56 Å². The molecular formula is C22H27N5O5. The Labute approximate surface area is 186 Å². The van der Waals surface area contributed by atoms with E-state index in [1.165, 1.54) is 26.6 Å². The third-order valence-electron chi connectivity index (χ3n) is 4.32. The largest absolute Gasteiger partial charge is 0.468 e. The summed E-state index contributed by atoms with van der Waals surface area (Å²) >= 11 is 0. The zero-order valence-corrected chi connectivity index (χ0v) is 18.7. The first-order valence-corrected chi connectivity index (χ1v) is 9.87. The Morgan fingerprint density at radius 3 is 2.38 bits per heavy atom. The summed E-state index contributed by atoms with van der Waals surface area (Å²) in [6, 6.07) is 9.02. The van der Waals surface area contributed by atoms with Crippen molar-refractivity contribution in [1.29, 1.82) is 5.26 Å². The van der Waals surface area contributed by atoms with E-state index in [1.807, 2.05) is 0 Å². The molecule has 0 saturated heterocycles. The molecule has 2 unspecified atom stereocenters. The molecule has 0 aliphatic carbocycles. The number of nitriles is 1. The lowest BCUT2D eigenvalue weighted by atomic mass is 10.0. The summed E-state index contributed by atoms with van der Waals surface area (Å²) in [5.41, 5.74) is 1.03. The van der Waals surface area contributed by atoms with E-state index < -0.39 is 35.7 Å². The molecule has 2 atom stereocenters. The van der Waals surface area contributed by atoms with Crippen LogP contribution in [0.5, 0.6) is 0 Å². The van der Waals surface area contributed by atoms with Crippen molar-refractivity contribution in [3.8, 4) is 6.07 Å². The van der Waals surface area contributed by atoms with Gasteiger partial charge in [-0.3, -0.25) is 14.9 Å². The molecule has 0 spiro atoms. The molecule has 0 bridgehead atoms. The number of imidazole rings is 1. The Hall–Kier alpha value is -3.87. The minimum absolute atomic E-state index is 0.341. The number of nitrogens with one attached hydrogen (secondary N) is 2. The molecule has 0 aliphatic rings. The van der Waals surface area contributed by atoms with Crippen molar-refractivity contribution in [2.45, 2.75) is 51.9 Å². The zero-order chi connectivity index (χ0) is 23.9. The van der Waals surface area contributed by atoms with E-state index in [4.69, 9.17) is 14.7 Å². The fraction of sp³-hybridized carbons (Fsp3) is 0.409. The summed E-state index contributed by atoms with van der Waals surface area (Å²) < 4.78 is 11.9. The molecule has 2 N–H and O–H groups in total. The number of esters is 1. The number of carbonyl (C=O) groups is 3. The lowest BCUT2D eigenvalue weighted by molar-refractivity contribution is -0.143. The first-order chi connectivity index (χ1) is 15.0. The van der Waals surface area contributed by atoms with E-state index in [9.17, 15) is 14.4 Å². The Balaban J connectivity index is 2.39. The highest BCUT2D eigenvalue weighted by atomic mass is 16.6. The summed E-state index contributed by atoms with van der Waals surface area (Å²) in [5.74, 6) is -2.24. The minimum Gasteiger partial charge on any atom is -0.468 e. The number of hydrogen-bond acceptors (Lipinski definition) is 7. The number of alkyl carbamates (subject to hydrolysis) is 1. The van der Waals surface area contributed by atoms with Gasteiger partial charge in [0, 0.05) is 19.7 Å². The first-order valence-electron chi connectivity index (χ1n) is 9.87. The number of benzene rings is 1. The number of carbonyl (C=O) groups excluding carboxylic acids is 3. The maximum absolute atomic E-state index is 12.7. The molecule has 0 fully saturated rings. The topological polar surface area (TPSA) is 135 Å². The van der Waals surface area contributed by atoms with E-state index in [2.05, 4.69) is 21.7 Å². The van der Waals surface area contributed by atoms with Crippen LogP contribution in [0.25, 0.3) is 0 Å². The van der Waals surface area contributed by atoms with Gasteiger partial charge in [-0.05, 0) is 38.5 Å². The molecule has 1 aromatic carbocycles. The highest BCUT2D eigenvalue weighted by Gasteiger charge is 2.36. The van der Waals surface area contributed by atoms with Gasteiger partial charge in [-0.15, -0.1) is 0 Å². The van der Waals surface area contributed by atoms with E-state index in [1.54, 1.807) is 49.6 Å². The average molecular weight is 441 g/mol. The second-order valence-corrected chi connectivity index (χ2v) is 8.08. The van der Waals surface area contributed by atoms with Crippen molar-refractivity contribution in [2.24, 2.45) is 0 Å². The van der Waals surface area contributed by atoms with Crippen molar-refractivity contribution in [2.75, 3.05) is 7.11 Å². The predicted octanol–water partition coefficient (Wildman–Crippen LogP) is 2.05. The van der Waals surface area contributed by atoms with Gasteiger partial charge in [0.15, 0.2) is 0 Å². The van der Waals surface area contributed by atoms with Gasteiger partial charge in [-0.1, -0.05) is 12.1 Å². The molecule has 0 saturated carbocycles. The number of hydrogen-bond donors (Lipinski definition) is 2. The molecule has 1 aromatic heterocycles. The Morgan fingerprint density at radius 1 is 1.19 bits per heavy atom. The summed E-state index contributed by atoms with van der Waals surface area (Å²) in [5, 5.41) is 14.1.